The molecule has 1 aliphatic rings. The molecule has 0 saturated carbocycles. The molecule has 1 fully saturated rings. The molecule has 0 aromatic carbocycles. The zero-order chi connectivity index (χ0) is 21.2. The van der Waals surface area contributed by atoms with E-state index in [9.17, 15) is 9.59 Å². The first kappa shape index (κ1) is 21.1. The number of rotatable bonds is 4. The van der Waals surface area contributed by atoms with Crippen LogP contribution in [0.3, 0.4) is 0 Å². The fraction of sp³-hybridized carbons (Fsp3) is 0.619. The van der Waals surface area contributed by atoms with Gasteiger partial charge in [-0.3, -0.25) is 9.78 Å². The average molecular weight is 402 g/mol. The minimum atomic E-state index is -0.571. The van der Waals surface area contributed by atoms with Gasteiger partial charge in [-0.2, -0.15) is 0 Å². The Labute approximate surface area is 171 Å². The van der Waals surface area contributed by atoms with Crippen LogP contribution in [0, 0.1) is 12.8 Å². The highest BCUT2D eigenvalue weighted by Gasteiger charge is 2.27. The van der Waals surface area contributed by atoms with Crippen LogP contribution in [-0.2, 0) is 16.1 Å². The number of amides is 2. The van der Waals surface area contributed by atoms with Crippen LogP contribution in [0.15, 0.2) is 18.5 Å². The van der Waals surface area contributed by atoms with E-state index in [1.54, 1.807) is 19.4 Å². The first-order valence-corrected chi connectivity index (χ1v) is 10.1. The first-order valence-electron chi connectivity index (χ1n) is 10.1. The maximum absolute atomic E-state index is 12.6. The van der Waals surface area contributed by atoms with Gasteiger partial charge in [-0.05, 0) is 52.5 Å². The molecule has 158 valence electrons. The number of piperidine rings is 1. The number of hydrogen-bond donors (Lipinski definition) is 0. The van der Waals surface area contributed by atoms with Gasteiger partial charge in [0.15, 0.2) is 0 Å². The molecule has 0 spiro atoms. The van der Waals surface area contributed by atoms with Gasteiger partial charge in [-0.15, -0.1) is 0 Å². The summed E-state index contributed by atoms with van der Waals surface area (Å²) in [6.45, 7) is 9.81. The van der Waals surface area contributed by atoms with Gasteiger partial charge in [0.25, 0.3) is 0 Å². The molecule has 3 heterocycles. The number of hydrogen-bond acceptors (Lipinski definition) is 5. The van der Waals surface area contributed by atoms with E-state index >= 15 is 0 Å². The van der Waals surface area contributed by atoms with Gasteiger partial charge in [-0.25, -0.2) is 9.78 Å². The second kappa shape index (κ2) is 8.39. The lowest BCUT2D eigenvalue weighted by Crippen LogP contribution is -2.46. The molecule has 3 rings (SSSR count). The van der Waals surface area contributed by atoms with E-state index in [2.05, 4.69) is 14.5 Å². The lowest BCUT2D eigenvalue weighted by molar-refractivity contribution is -0.133. The van der Waals surface area contributed by atoms with E-state index in [4.69, 9.17) is 4.74 Å². The molecular weight excluding hydrogens is 370 g/mol. The van der Waals surface area contributed by atoms with Gasteiger partial charge in [0.2, 0.25) is 5.91 Å². The lowest BCUT2D eigenvalue weighted by atomic mass is 9.96. The van der Waals surface area contributed by atoms with Crippen LogP contribution in [0.4, 0.5) is 4.79 Å². The minimum absolute atomic E-state index is 0.0351. The molecule has 8 nitrogen and oxygen atoms in total. The quantitative estimate of drug-likeness (QED) is 0.787. The monoisotopic (exact) mass is 401 g/mol. The van der Waals surface area contributed by atoms with Crippen molar-refractivity contribution in [1.82, 2.24) is 24.3 Å². The topological polar surface area (TPSA) is 80.6 Å². The van der Waals surface area contributed by atoms with Crippen LogP contribution < -0.4 is 0 Å². The summed E-state index contributed by atoms with van der Waals surface area (Å²) in [4.78, 5) is 36.6. The van der Waals surface area contributed by atoms with Crippen molar-refractivity contribution in [3.05, 3.63) is 24.3 Å². The van der Waals surface area contributed by atoms with Crippen molar-refractivity contribution in [1.29, 1.82) is 0 Å². The van der Waals surface area contributed by atoms with Crippen LogP contribution in [0.2, 0.25) is 0 Å². The number of aryl methyl sites for hydroxylation is 1. The smallest absolute Gasteiger partial charge is 0.410 e. The standard InChI is InChI=1S/C21H31N5O3/c1-15-23-17-12-22-9-6-18(17)26(15)13-16-7-10-25(11-8-16)19(27)14-24(5)20(28)29-21(2,3)4/h6,9,12,16H,7-8,10-11,13-14H2,1-5H3. The van der Waals surface area contributed by atoms with Crippen molar-refractivity contribution in [2.75, 3.05) is 26.7 Å². The van der Waals surface area contributed by atoms with Crippen molar-refractivity contribution in [3.63, 3.8) is 0 Å². The van der Waals surface area contributed by atoms with Crippen LogP contribution in [0.1, 0.15) is 39.4 Å². The van der Waals surface area contributed by atoms with Crippen LogP contribution in [0.25, 0.3) is 11.0 Å². The fourth-order valence-corrected chi connectivity index (χ4v) is 3.66. The summed E-state index contributed by atoms with van der Waals surface area (Å²) in [7, 11) is 1.60. The molecular formula is C21H31N5O3. The van der Waals surface area contributed by atoms with Gasteiger partial charge in [0, 0.05) is 32.9 Å². The van der Waals surface area contributed by atoms with Gasteiger partial charge in [-0.1, -0.05) is 0 Å². The summed E-state index contributed by atoms with van der Waals surface area (Å²) in [6, 6.07) is 2.00. The Bertz CT molecular complexity index is 878. The highest BCUT2D eigenvalue weighted by molar-refractivity contribution is 5.82. The maximum Gasteiger partial charge on any atom is 0.410 e. The Balaban J connectivity index is 1.51. The number of aromatic nitrogens is 3. The third-order valence-corrected chi connectivity index (χ3v) is 5.23. The molecule has 29 heavy (non-hydrogen) atoms. The number of likely N-dealkylation sites (tertiary alicyclic amines) is 1. The second-order valence-corrected chi connectivity index (χ2v) is 8.79. The summed E-state index contributed by atoms with van der Waals surface area (Å²) in [5.41, 5.74) is 1.45. The third kappa shape index (κ3) is 5.25. The fourth-order valence-electron chi connectivity index (χ4n) is 3.66. The predicted molar refractivity (Wildman–Crippen MR) is 110 cm³/mol. The Morgan fingerprint density at radius 2 is 1.97 bits per heavy atom. The first-order chi connectivity index (χ1) is 13.6. The van der Waals surface area contributed by atoms with E-state index in [1.807, 2.05) is 38.7 Å². The minimum Gasteiger partial charge on any atom is -0.444 e. The normalized spacial score (nSPS) is 15.6. The van der Waals surface area contributed by atoms with Crippen molar-refractivity contribution in [2.24, 2.45) is 5.92 Å². The SMILES string of the molecule is Cc1nc2cnccc2n1CC1CCN(C(=O)CN(C)C(=O)OC(C)(C)C)CC1. The predicted octanol–water partition coefficient (Wildman–Crippen LogP) is 2.85. The van der Waals surface area contributed by atoms with Crippen molar-refractivity contribution in [2.45, 2.75) is 52.7 Å². The Morgan fingerprint density at radius 1 is 1.28 bits per heavy atom. The Hall–Kier alpha value is -2.64. The zero-order valence-corrected chi connectivity index (χ0v) is 18.0. The highest BCUT2D eigenvalue weighted by atomic mass is 16.6. The van der Waals surface area contributed by atoms with Crippen molar-refractivity contribution in [3.8, 4) is 0 Å². The number of nitrogens with zero attached hydrogens (tertiary/aromatic N) is 5. The Morgan fingerprint density at radius 3 is 2.62 bits per heavy atom. The molecule has 1 aliphatic heterocycles. The third-order valence-electron chi connectivity index (χ3n) is 5.23. The lowest BCUT2D eigenvalue weighted by Gasteiger charge is -2.33. The number of ether oxygens (including phenoxy) is 1. The highest BCUT2D eigenvalue weighted by Crippen LogP contribution is 2.23. The number of carbonyl (C=O) groups excluding carboxylic acids is 2. The van der Waals surface area contributed by atoms with Crippen molar-refractivity contribution < 1.29 is 14.3 Å². The molecule has 0 bridgehead atoms. The summed E-state index contributed by atoms with van der Waals surface area (Å²) < 4.78 is 7.56. The largest absolute Gasteiger partial charge is 0.444 e. The van der Waals surface area contributed by atoms with Gasteiger partial charge < -0.3 is 19.1 Å². The average Bonchev–Trinajstić information content (AvgIpc) is 2.96. The molecule has 8 heteroatoms. The summed E-state index contributed by atoms with van der Waals surface area (Å²) >= 11 is 0. The molecule has 0 aliphatic carbocycles. The van der Waals surface area contributed by atoms with Gasteiger partial charge in [0.1, 0.15) is 23.5 Å². The molecule has 0 unspecified atom stereocenters. The number of imidazole rings is 1. The van der Waals surface area contributed by atoms with E-state index in [-0.39, 0.29) is 12.5 Å². The molecule has 2 amide bonds. The number of fused-ring (bicyclic) bond motifs is 1. The number of likely N-dealkylation sites (N-methyl/N-ethyl adjacent to an activating group) is 1. The van der Waals surface area contributed by atoms with E-state index in [1.165, 1.54) is 4.90 Å². The van der Waals surface area contributed by atoms with Gasteiger partial charge in [0.05, 0.1) is 11.7 Å². The van der Waals surface area contributed by atoms with Crippen LogP contribution in [-0.4, -0.2) is 68.6 Å². The second-order valence-electron chi connectivity index (χ2n) is 8.79. The Kier molecular flexibility index (Phi) is 6.10. The van der Waals surface area contributed by atoms with Crippen molar-refractivity contribution >= 4 is 23.0 Å². The van der Waals surface area contributed by atoms with Crippen LogP contribution in [0.5, 0.6) is 0 Å². The van der Waals surface area contributed by atoms with E-state index in [0.29, 0.717) is 19.0 Å². The van der Waals surface area contributed by atoms with E-state index in [0.717, 1.165) is 36.2 Å². The summed E-state index contributed by atoms with van der Waals surface area (Å²) in [5.74, 6) is 1.45. The van der Waals surface area contributed by atoms with Gasteiger partial charge >= 0.3 is 6.09 Å². The molecule has 0 atom stereocenters. The maximum atomic E-state index is 12.6. The van der Waals surface area contributed by atoms with E-state index < -0.39 is 11.7 Å². The molecule has 0 radical (unpaired) electrons. The molecule has 2 aromatic heterocycles. The molecule has 0 N–H and O–H groups in total. The number of pyridine rings is 1. The molecule has 1 saturated heterocycles. The number of carbonyl (C=O) groups is 2. The molecule has 2 aromatic rings. The van der Waals surface area contributed by atoms with Crippen LogP contribution >= 0.6 is 0 Å². The summed E-state index contributed by atoms with van der Waals surface area (Å²) in [6.07, 6.45) is 4.99. The zero-order valence-electron chi connectivity index (χ0n) is 18.0. The summed E-state index contributed by atoms with van der Waals surface area (Å²) in [5, 5.41) is 0.